The fourth-order valence-electron chi connectivity index (χ4n) is 12.1. The molecule has 0 spiro atoms. The summed E-state index contributed by atoms with van der Waals surface area (Å²) in [5.41, 5.74) is 0.697. The van der Waals surface area contributed by atoms with Crippen LogP contribution < -0.4 is 0 Å². The summed E-state index contributed by atoms with van der Waals surface area (Å²) in [6.45, 7) is 16.0. The van der Waals surface area contributed by atoms with E-state index < -0.39 is 48.4 Å². The molecule has 0 aromatic carbocycles. The molecule has 12 atom stereocenters. The molecule has 8 heteroatoms. The molecular weight excluding hydrogens is 560 g/mol. The molecule has 6 rings (SSSR count). The van der Waals surface area contributed by atoms with Gasteiger partial charge >= 0.3 is 5.97 Å². The number of carbonyl (C=O) groups excluding carboxylic acids is 1. The quantitative estimate of drug-likeness (QED) is 0.248. The normalized spacial score (nSPS) is 51.2. The first kappa shape index (κ1) is 32.6. The zero-order chi connectivity index (χ0) is 32.3. The topological polar surface area (TPSA) is 134 Å². The Hall–Kier alpha value is -1.32. The average molecular weight is 617 g/mol. The Bertz CT molecular complexity index is 1220. The molecule has 0 bridgehead atoms. The molecule has 1 aliphatic heterocycles. The minimum Gasteiger partial charge on any atom is -0.481 e. The molecule has 5 fully saturated rings. The molecule has 0 amide bonds. The molecule has 4 saturated carbocycles. The Labute approximate surface area is 263 Å². The number of ether oxygens (including phenoxy) is 2. The average Bonchev–Trinajstić information content (AvgIpc) is 2.94. The number of allylic oxidation sites excluding steroid dienone is 2. The van der Waals surface area contributed by atoms with Crippen LogP contribution in [-0.2, 0) is 19.1 Å². The highest BCUT2D eigenvalue weighted by molar-refractivity contribution is 5.87. The molecule has 0 aromatic rings. The Morgan fingerprint density at radius 2 is 1.64 bits per heavy atom. The molecule has 1 saturated heterocycles. The highest BCUT2D eigenvalue weighted by Gasteiger charge is 2.69. The molecule has 44 heavy (non-hydrogen) atoms. The van der Waals surface area contributed by atoms with E-state index in [2.05, 4.69) is 54.5 Å². The number of carboxylic acid groups (broad SMARTS) is 1. The van der Waals surface area contributed by atoms with Gasteiger partial charge in [0, 0.05) is 0 Å². The van der Waals surface area contributed by atoms with Crippen molar-refractivity contribution in [2.75, 3.05) is 6.61 Å². The smallest absolute Gasteiger partial charge is 0.310 e. The predicted molar refractivity (Wildman–Crippen MR) is 164 cm³/mol. The molecule has 5 aliphatic carbocycles. The van der Waals surface area contributed by atoms with Crippen molar-refractivity contribution in [2.24, 2.45) is 50.2 Å². The van der Waals surface area contributed by atoms with Gasteiger partial charge in [-0.3, -0.25) is 9.59 Å². The number of Topliss-reactive ketones (excluding diaryl/α,β-unsaturated/α-hetero) is 1. The van der Waals surface area contributed by atoms with Gasteiger partial charge in [-0.05, 0) is 109 Å². The summed E-state index contributed by atoms with van der Waals surface area (Å²) in [7, 11) is 0. The van der Waals surface area contributed by atoms with Gasteiger partial charge in [-0.1, -0.05) is 60.1 Å². The number of rotatable bonds is 4. The lowest BCUT2D eigenvalue weighted by Crippen LogP contribution is -2.65. The van der Waals surface area contributed by atoms with Gasteiger partial charge in [0.05, 0.1) is 18.1 Å². The SMILES string of the molecule is CC1(C)CC[C@]2(C(=O)O)CC[C@]3(C)C(=CC[C@@H]4[C@@]5(C)CC[C@H](O[C@@H]6O[C@H](CO)[C@@H](O)[C@H](O)C6=O)C(C)(C)[C@@H]5CC[C@]43C)[C@@H]2C1. The fraction of sp³-hybridized carbons (Fsp3) is 0.889. The van der Waals surface area contributed by atoms with Crippen molar-refractivity contribution < 1.29 is 39.5 Å². The Morgan fingerprint density at radius 3 is 2.30 bits per heavy atom. The number of aliphatic hydroxyl groups is 3. The van der Waals surface area contributed by atoms with Crippen molar-refractivity contribution in [1.29, 1.82) is 0 Å². The summed E-state index contributed by atoms with van der Waals surface area (Å²) < 4.78 is 12.0. The van der Waals surface area contributed by atoms with Crippen LogP contribution in [0.15, 0.2) is 11.6 Å². The van der Waals surface area contributed by atoms with E-state index in [4.69, 9.17) is 9.47 Å². The van der Waals surface area contributed by atoms with E-state index in [1.54, 1.807) is 0 Å². The minimum absolute atomic E-state index is 0.0370. The minimum atomic E-state index is -1.65. The zero-order valence-corrected chi connectivity index (χ0v) is 27.9. The van der Waals surface area contributed by atoms with Crippen LogP contribution >= 0.6 is 0 Å². The highest BCUT2D eigenvalue weighted by Crippen LogP contribution is 2.76. The lowest BCUT2D eigenvalue weighted by Gasteiger charge is -2.71. The molecule has 6 aliphatic rings. The van der Waals surface area contributed by atoms with Crippen molar-refractivity contribution in [2.45, 2.75) is 143 Å². The zero-order valence-electron chi connectivity index (χ0n) is 27.9. The fourth-order valence-corrected chi connectivity index (χ4v) is 12.1. The summed E-state index contributed by atoms with van der Waals surface area (Å²) >= 11 is 0. The van der Waals surface area contributed by atoms with Gasteiger partial charge in [0.2, 0.25) is 12.1 Å². The Balaban J connectivity index is 1.29. The van der Waals surface area contributed by atoms with E-state index in [1.165, 1.54) is 5.57 Å². The van der Waals surface area contributed by atoms with Crippen LogP contribution in [0.5, 0.6) is 0 Å². The second-order valence-electron chi connectivity index (χ2n) is 17.7. The first-order valence-electron chi connectivity index (χ1n) is 17.1. The van der Waals surface area contributed by atoms with E-state index in [0.717, 1.165) is 64.2 Å². The molecule has 0 unspecified atom stereocenters. The molecule has 0 aromatic heterocycles. The van der Waals surface area contributed by atoms with E-state index in [0.29, 0.717) is 11.8 Å². The maximum Gasteiger partial charge on any atom is 0.310 e. The third-order valence-corrected chi connectivity index (χ3v) is 15.0. The monoisotopic (exact) mass is 616 g/mol. The maximum absolute atomic E-state index is 12.9. The van der Waals surface area contributed by atoms with Gasteiger partial charge in [-0.15, -0.1) is 0 Å². The Kier molecular flexibility index (Phi) is 7.66. The first-order chi connectivity index (χ1) is 20.4. The molecule has 8 nitrogen and oxygen atoms in total. The van der Waals surface area contributed by atoms with Crippen molar-refractivity contribution in [3.05, 3.63) is 11.6 Å². The number of carbonyl (C=O) groups is 2. The summed E-state index contributed by atoms with van der Waals surface area (Å²) in [4.78, 5) is 25.8. The third kappa shape index (κ3) is 4.33. The van der Waals surface area contributed by atoms with E-state index in [9.17, 15) is 30.0 Å². The molecule has 248 valence electrons. The van der Waals surface area contributed by atoms with Gasteiger partial charge in [0.1, 0.15) is 18.3 Å². The lowest BCUT2D eigenvalue weighted by atomic mass is 9.33. The summed E-state index contributed by atoms with van der Waals surface area (Å²) in [5, 5.41) is 40.7. The van der Waals surface area contributed by atoms with Crippen LogP contribution in [0.3, 0.4) is 0 Å². The van der Waals surface area contributed by atoms with Crippen molar-refractivity contribution in [3.8, 4) is 0 Å². The van der Waals surface area contributed by atoms with Crippen LogP contribution in [0.25, 0.3) is 0 Å². The lowest BCUT2D eigenvalue weighted by molar-refractivity contribution is -0.279. The molecule has 0 radical (unpaired) electrons. The number of hydrogen-bond donors (Lipinski definition) is 4. The van der Waals surface area contributed by atoms with Crippen LogP contribution in [0.4, 0.5) is 0 Å². The van der Waals surface area contributed by atoms with Gasteiger partial charge in [-0.25, -0.2) is 0 Å². The highest BCUT2D eigenvalue weighted by atomic mass is 16.7. The van der Waals surface area contributed by atoms with Crippen LogP contribution in [0.2, 0.25) is 0 Å². The predicted octanol–water partition coefficient (Wildman–Crippen LogP) is 5.27. The molecule has 4 N–H and O–H groups in total. The summed E-state index contributed by atoms with van der Waals surface area (Å²) in [6.07, 6.45) is 5.81. The molecular formula is C36H56O8. The standard InChI is InChI=1S/C36H56O8/c1-31(2)14-16-36(30(41)42)17-15-34(6)20(21(36)18-31)8-9-24-33(5)12-11-25(32(3,4)23(33)10-13-35(24,34)7)44-29-28(40)27(39)26(38)22(19-37)43-29/h8,21-27,29,37-39H,9-19H2,1-7H3,(H,41,42)/t21-,22+,23-,24+,25-,26+,27-,29-,33-,34+,35+,36-/m0/s1. The third-order valence-electron chi connectivity index (χ3n) is 15.0. The van der Waals surface area contributed by atoms with Gasteiger partial charge in [0.25, 0.3) is 0 Å². The first-order valence-corrected chi connectivity index (χ1v) is 17.1. The number of hydrogen-bond acceptors (Lipinski definition) is 7. The van der Waals surface area contributed by atoms with Crippen LogP contribution in [-0.4, -0.2) is 69.5 Å². The van der Waals surface area contributed by atoms with E-state index in [-0.39, 0.29) is 39.1 Å². The summed E-state index contributed by atoms with van der Waals surface area (Å²) in [5.74, 6) is -0.419. The second-order valence-corrected chi connectivity index (χ2v) is 17.7. The number of fused-ring (bicyclic) bond motifs is 7. The van der Waals surface area contributed by atoms with Crippen molar-refractivity contribution in [1.82, 2.24) is 0 Å². The number of ketones is 1. The van der Waals surface area contributed by atoms with E-state index >= 15 is 0 Å². The van der Waals surface area contributed by atoms with Gasteiger partial charge < -0.3 is 29.9 Å². The number of carboxylic acids is 1. The van der Waals surface area contributed by atoms with Crippen LogP contribution in [0, 0.1) is 50.2 Å². The van der Waals surface area contributed by atoms with Gasteiger partial charge in [-0.2, -0.15) is 0 Å². The van der Waals surface area contributed by atoms with E-state index in [1.807, 2.05) is 0 Å². The number of aliphatic carboxylic acids is 1. The van der Waals surface area contributed by atoms with Crippen molar-refractivity contribution in [3.63, 3.8) is 0 Å². The second kappa shape index (κ2) is 10.3. The van der Waals surface area contributed by atoms with Crippen LogP contribution in [0.1, 0.15) is 113 Å². The largest absolute Gasteiger partial charge is 0.481 e. The summed E-state index contributed by atoms with van der Waals surface area (Å²) in [6, 6.07) is 0. The Morgan fingerprint density at radius 1 is 0.955 bits per heavy atom. The maximum atomic E-state index is 12.9. The van der Waals surface area contributed by atoms with Gasteiger partial charge in [0.15, 0.2) is 0 Å². The molecule has 1 heterocycles. The van der Waals surface area contributed by atoms with Crippen molar-refractivity contribution >= 4 is 11.8 Å². The number of aliphatic hydroxyl groups excluding tert-OH is 3.